The highest BCUT2D eigenvalue weighted by molar-refractivity contribution is 6.29. The lowest BCUT2D eigenvalue weighted by Crippen LogP contribution is -2.45. The van der Waals surface area contributed by atoms with Gasteiger partial charge in [-0.1, -0.05) is 11.6 Å². The summed E-state index contributed by atoms with van der Waals surface area (Å²) in [5.41, 5.74) is 6.85. The fourth-order valence-corrected chi connectivity index (χ4v) is 2.29. The van der Waals surface area contributed by atoms with E-state index >= 15 is 0 Å². The van der Waals surface area contributed by atoms with E-state index in [0.29, 0.717) is 29.0 Å². The van der Waals surface area contributed by atoms with Gasteiger partial charge in [0.1, 0.15) is 17.0 Å². The molecule has 4 N–H and O–H groups in total. The molecule has 3 rings (SSSR count). The molecule has 0 aliphatic heterocycles. The molecule has 0 aromatic carbocycles. The number of nitrogens with one attached hydrogen (secondary N) is 2. The molecule has 130 valence electrons. The Morgan fingerprint density at radius 3 is 2.84 bits per heavy atom. The zero-order valence-corrected chi connectivity index (χ0v) is 14.4. The number of amides is 1. The molecule has 3 aromatic rings. The first kappa shape index (κ1) is 17.2. The van der Waals surface area contributed by atoms with Gasteiger partial charge in [-0.25, -0.2) is 14.4 Å². The van der Waals surface area contributed by atoms with Crippen LogP contribution in [0.1, 0.15) is 24.3 Å². The Balaban J connectivity index is 1.90. The fourth-order valence-electron chi connectivity index (χ4n) is 2.15. The van der Waals surface area contributed by atoms with Gasteiger partial charge < -0.3 is 16.0 Å². The minimum absolute atomic E-state index is 0.151. The highest BCUT2D eigenvalue weighted by Gasteiger charge is 2.16. The van der Waals surface area contributed by atoms with Gasteiger partial charge in [-0.15, -0.1) is 0 Å². The molecule has 0 radical (unpaired) electrons. The average molecular weight is 363 g/mol. The van der Waals surface area contributed by atoms with Gasteiger partial charge in [0.05, 0.1) is 18.1 Å². The Bertz CT molecular complexity index is 910. The Morgan fingerprint density at radius 1 is 1.36 bits per heavy atom. The number of pyridine rings is 1. The van der Waals surface area contributed by atoms with Gasteiger partial charge in [0.25, 0.3) is 5.91 Å². The summed E-state index contributed by atoms with van der Waals surface area (Å²) in [7, 11) is 0. The second-order valence-corrected chi connectivity index (χ2v) is 6.70. The molecule has 25 heavy (non-hydrogen) atoms. The topological polar surface area (TPSA) is 110 Å². The predicted octanol–water partition coefficient (Wildman–Crippen LogP) is 2.28. The Hall–Kier alpha value is -2.58. The molecular weight excluding hydrogens is 347 g/mol. The van der Waals surface area contributed by atoms with Crippen LogP contribution in [0.15, 0.2) is 24.5 Å². The number of H-pyrrole nitrogens is 1. The molecule has 0 atom stereocenters. The van der Waals surface area contributed by atoms with Crippen LogP contribution in [-0.2, 0) is 0 Å². The molecule has 3 heterocycles. The normalized spacial score (nSPS) is 11.7. The summed E-state index contributed by atoms with van der Waals surface area (Å²) in [6.07, 6.45) is 2.85. The number of aromatic amines is 1. The number of fused-ring (bicyclic) bond motifs is 1. The Labute approximate surface area is 147 Å². The molecule has 1 amide bonds. The number of nitrogens with zero attached hydrogens (tertiary/aromatic N) is 3. The molecule has 3 aromatic heterocycles. The first-order valence-corrected chi connectivity index (χ1v) is 7.85. The van der Waals surface area contributed by atoms with E-state index in [9.17, 15) is 9.18 Å². The maximum atomic E-state index is 13.5. The Morgan fingerprint density at radius 2 is 2.12 bits per heavy atom. The molecule has 0 saturated heterocycles. The summed E-state index contributed by atoms with van der Waals surface area (Å²) in [5.74, 6) is -0.987. The lowest BCUT2D eigenvalue weighted by molar-refractivity contribution is 0.0940. The molecule has 7 nitrogen and oxygen atoms in total. The highest BCUT2D eigenvalue weighted by atomic mass is 35.5. The van der Waals surface area contributed by atoms with Gasteiger partial charge in [-0.2, -0.15) is 0 Å². The van der Waals surface area contributed by atoms with Crippen LogP contribution in [0.3, 0.4) is 0 Å². The van der Waals surface area contributed by atoms with Gasteiger partial charge in [0.15, 0.2) is 11.0 Å². The number of hydrogen-bond acceptors (Lipinski definition) is 5. The summed E-state index contributed by atoms with van der Waals surface area (Å²) < 4.78 is 13.5. The maximum Gasteiger partial charge on any atom is 0.271 e. The highest BCUT2D eigenvalue weighted by Crippen LogP contribution is 2.24. The Kier molecular flexibility index (Phi) is 4.40. The van der Waals surface area contributed by atoms with E-state index in [0.717, 1.165) is 0 Å². The van der Waals surface area contributed by atoms with Crippen LogP contribution in [0.4, 0.5) is 4.39 Å². The van der Waals surface area contributed by atoms with Crippen molar-refractivity contribution in [3.05, 3.63) is 41.2 Å². The number of hydrogen-bond donors (Lipinski definition) is 3. The number of halogens is 2. The number of carbonyl (C=O) groups is 1. The second kappa shape index (κ2) is 6.38. The monoisotopic (exact) mass is 362 g/mol. The van der Waals surface area contributed by atoms with Crippen molar-refractivity contribution in [1.82, 2.24) is 25.3 Å². The van der Waals surface area contributed by atoms with E-state index in [-0.39, 0.29) is 16.8 Å². The van der Waals surface area contributed by atoms with Gasteiger partial charge >= 0.3 is 0 Å². The fraction of sp³-hybridized carbons (Fsp3) is 0.250. The van der Waals surface area contributed by atoms with E-state index in [1.165, 1.54) is 18.5 Å². The van der Waals surface area contributed by atoms with Crippen molar-refractivity contribution in [2.24, 2.45) is 5.73 Å². The van der Waals surface area contributed by atoms with Gasteiger partial charge in [0, 0.05) is 17.5 Å². The third kappa shape index (κ3) is 3.92. The molecule has 9 heteroatoms. The molecule has 0 aliphatic carbocycles. The minimum atomic E-state index is -0.608. The molecule has 0 spiro atoms. The summed E-state index contributed by atoms with van der Waals surface area (Å²) >= 11 is 5.68. The van der Waals surface area contributed by atoms with Crippen molar-refractivity contribution < 1.29 is 9.18 Å². The lowest BCUT2D eigenvalue weighted by Gasteiger charge is -2.18. The van der Waals surface area contributed by atoms with Crippen molar-refractivity contribution in [2.45, 2.75) is 19.4 Å². The summed E-state index contributed by atoms with van der Waals surface area (Å²) in [5, 5.41) is 3.03. The predicted molar refractivity (Wildman–Crippen MR) is 92.7 cm³/mol. The molecule has 0 saturated carbocycles. The third-order valence-electron chi connectivity index (χ3n) is 3.36. The average Bonchev–Trinajstić information content (AvgIpc) is 2.95. The van der Waals surface area contributed by atoms with Crippen molar-refractivity contribution in [3.63, 3.8) is 0 Å². The van der Waals surface area contributed by atoms with Gasteiger partial charge in [-0.05, 0) is 26.0 Å². The van der Waals surface area contributed by atoms with Crippen molar-refractivity contribution in [3.8, 4) is 11.4 Å². The van der Waals surface area contributed by atoms with Gasteiger partial charge in [-0.3, -0.25) is 9.78 Å². The van der Waals surface area contributed by atoms with Crippen LogP contribution in [0.2, 0.25) is 5.15 Å². The number of aromatic nitrogens is 4. The van der Waals surface area contributed by atoms with Gasteiger partial charge in [0.2, 0.25) is 0 Å². The number of carbonyl (C=O) groups excluding carboxylic acids is 1. The summed E-state index contributed by atoms with van der Waals surface area (Å²) in [6.45, 7) is 3.90. The van der Waals surface area contributed by atoms with Crippen LogP contribution in [0, 0.1) is 5.82 Å². The third-order valence-corrected chi connectivity index (χ3v) is 3.63. The summed E-state index contributed by atoms with van der Waals surface area (Å²) in [6, 6.07) is 2.94. The SMILES string of the molecule is CC(C)(N)CNC(=O)c1cncc(-c2cc3cc(F)c(Cl)nc3[nH]2)n1. The van der Waals surface area contributed by atoms with Crippen LogP contribution in [0.5, 0.6) is 0 Å². The second-order valence-electron chi connectivity index (χ2n) is 6.34. The lowest BCUT2D eigenvalue weighted by atomic mass is 10.1. The van der Waals surface area contributed by atoms with Crippen LogP contribution in [-0.4, -0.2) is 37.9 Å². The largest absolute Gasteiger partial charge is 0.349 e. The molecule has 0 fully saturated rings. The van der Waals surface area contributed by atoms with Crippen molar-refractivity contribution in [1.29, 1.82) is 0 Å². The summed E-state index contributed by atoms with van der Waals surface area (Å²) in [4.78, 5) is 27.4. The quantitative estimate of drug-likeness (QED) is 0.617. The van der Waals surface area contributed by atoms with E-state index in [1.54, 1.807) is 19.9 Å². The van der Waals surface area contributed by atoms with E-state index < -0.39 is 11.4 Å². The van der Waals surface area contributed by atoms with Crippen molar-refractivity contribution in [2.75, 3.05) is 6.54 Å². The molecular formula is C16H16ClFN6O. The molecule has 0 unspecified atom stereocenters. The van der Waals surface area contributed by atoms with Crippen LogP contribution in [0.25, 0.3) is 22.4 Å². The van der Waals surface area contributed by atoms with E-state index in [2.05, 4.69) is 25.3 Å². The standard InChI is InChI=1S/C16H16ClFN6O/c1-16(2,19)7-21-15(25)12-6-20-5-11(22-12)10-4-8-3-9(18)13(17)24-14(8)23-10/h3-6H,7,19H2,1-2H3,(H,21,25)(H,23,24). The first-order chi connectivity index (χ1) is 11.7. The smallest absolute Gasteiger partial charge is 0.271 e. The van der Waals surface area contributed by atoms with Crippen molar-refractivity contribution >= 4 is 28.5 Å². The number of rotatable bonds is 4. The van der Waals surface area contributed by atoms with Crippen LogP contribution >= 0.6 is 11.6 Å². The first-order valence-electron chi connectivity index (χ1n) is 7.47. The molecule has 0 aliphatic rings. The van der Waals surface area contributed by atoms with Crippen LogP contribution < -0.4 is 11.1 Å². The maximum absolute atomic E-state index is 13.5. The van der Waals surface area contributed by atoms with E-state index in [4.69, 9.17) is 17.3 Å². The minimum Gasteiger partial charge on any atom is -0.349 e. The zero-order valence-electron chi connectivity index (χ0n) is 13.6. The zero-order chi connectivity index (χ0) is 18.2. The molecule has 0 bridgehead atoms. The van der Waals surface area contributed by atoms with E-state index in [1.807, 2.05) is 0 Å². The number of nitrogens with two attached hydrogens (primary N) is 1.